The number of halogens is 1. The number of benzene rings is 3. The molecular weight excluding hydrogens is 371 g/mol. The molecule has 2 N–H and O–H groups in total. The molecule has 0 aliphatic heterocycles. The maximum Gasteiger partial charge on any atom is 0.291 e. The smallest absolute Gasteiger partial charge is 0.291 e. The largest absolute Gasteiger partial charge is 0.451 e. The number of aryl methyl sites for hydroxylation is 1. The van der Waals surface area contributed by atoms with Gasteiger partial charge in [0.05, 0.1) is 0 Å². The van der Waals surface area contributed by atoms with Gasteiger partial charge < -0.3 is 15.1 Å². The Bertz CT molecular complexity index is 1180. The third-order valence-electron chi connectivity index (χ3n) is 4.49. The lowest BCUT2D eigenvalue weighted by Crippen LogP contribution is -2.14. The minimum atomic E-state index is -0.401. The van der Waals surface area contributed by atoms with E-state index in [2.05, 4.69) is 10.6 Å². The molecule has 0 aliphatic carbocycles. The van der Waals surface area contributed by atoms with Gasteiger partial charge in [0.1, 0.15) is 11.4 Å². The lowest BCUT2D eigenvalue weighted by atomic mass is 10.1. The molecule has 4 aromatic rings. The summed E-state index contributed by atoms with van der Waals surface area (Å²) in [7, 11) is 0. The molecule has 0 spiro atoms. The Morgan fingerprint density at radius 2 is 1.62 bits per heavy atom. The number of anilines is 2. The lowest BCUT2D eigenvalue weighted by molar-refractivity contribution is 0.0996. The van der Waals surface area contributed by atoms with Gasteiger partial charge in [0, 0.05) is 22.3 Å². The van der Waals surface area contributed by atoms with E-state index in [1.807, 2.05) is 25.1 Å². The molecule has 0 unspecified atom stereocenters. The fourth-order valence-electron chi connectivity index (χ4n) is 2.96. The van der Waals surface area contributed by atoms with E-state index in [0.29, 0.717) is 22.5 Å². The van der Waals surface area contributed by atoms with Crippen molar-refractivity contribution in [2.24, 2.45) is 0 Å². The predicted octanol–water partition coefficient (Wildman–Crippen LogP) is 5.38. The lowest BCUT2D eigenvalue weighted by Gasteiger charge is -2.10. The van der Waals surface area contributed by atoms with Gasteiger partial charge >= 0.3 is 0 Å². The topological polar surface area (TPSA) is 71.3 Å². The fraction of sp³-hybridized carbons (Fsp3) is 0.0435. The average molecular weight is 388 g/mol. The van der Waals surface area contributed by atoms with Crippen molar-refractivity contribution >= 4 is 34.2 Å². The number of hydrogen-bond donors (Lipinski definition) is 2. The molecular formula is C23H17FN2O3. The summed E-state index contributed by atoms with van der Waals surface area (Å²) in [4.78, 5) is 24.8. The molecule has 3 aromatic carbocycles. The van der Waals surface area contributed by atoms with Gasteiger partial charge in [-0.25, -0.2) is 4.39 Å². The van der Waals surface area contributed by atoms with Crippen LogP contribution in [0.4, 0.5) is 15.8 Å². The summed E-state index contributed by atoms with van der Waals surface area (Å²) >= 11 is 0. The van der Waals surface area contributed by atoms with Crippen LogP contribution in [0.2, 0.25) is 0 Å². The van der Waals surface area contributed by atoms with Crippen LogP contribution in [0.3, 0.4) is 0 Å². The Morgan fingerprint density at radius 3 is 2.34 bits per heavy atom. The van der Waals surface area contributed by atoms with Crippen molar-refractivity contribution in [3.8, 4) is 0 Å². The summed E-state index contributed by atoms with van der Waals surface area (Å²) in [6.45, 7) is 1.82. The molecule has 0 aliphatic rings. The number of fused-ring (bicyclic) bond motifs is 1. The van der Waals surface area contributed by atoms with Gasteiger partial charge in [0.15, 0.2) is 5.76 Å². The third-order valence-corrected chi connectivity index (χ3v) is 4.49. The molecule has 6 heteroatoms. The Kier molecular flexibility index (Phi) is 4.83. The second kappa shape index (κ2) is 7.59. The molecule has 0 saturated heterocycles. The molecule has 4 rings (SSSR count). The number of hydrogen-bond acceptors (Lipinski definition) is 3. The van der Waals surface area contributed by atoms with Crippen LogP contribution in [-0.4, -0.2) is 11.8 Å². The summed E-state index contributed by atoms with van der Waals surface area (Å²) in [6, 6.07) is 19.5. The van der Waals surface area contributed by atoms with E-state index < -0.39 is 5.82 Å². The molecule has 5 nitrogen and oxygen atoms in total. The highest BCUT2D eigenvalue weighted by Crippen LogP contribution is 2.23. The number of amides is 2. The predicted molar refractivity (Wildman–Crippen MR) is 110 cm³/mol. The second-order valence-corrected chi connectivity index (χ2v) is 6.59. The van der Waals surface area contributed by atoms with Gasteiger partial charge in [-0.3, -0.25) is 9.59 Å². The SMILES string of the molecule is Cc1cc(NC(=O)c2ccc(F)cc2)ccc1NC(=O)c1cc2ccccc2o1. The highest BCUT2D eigenvalue weighted by atomic mass is 19.1. The zero-order valence-electron chi connectivity index (χ0n) is 15.5. The van der Waals surface area contributed by atoms with E-state index in [4.69, 9.17) is 4.42 Å². The summed E-state index contributed by atoms with van der Waals surface area (Å²) in [6.07, 6.45) is 0. The Balaban J connectivity index is 1.47. The number of carbonyl (C=O) groups excluding carboxylic acids is 2. The Labute approximate surface area is 166 Å². The standard InChI is InChI=1S/C23H17FN2O3/c1-14-12-18(25-22(27)15-6-8-17(24)9-7-15)10-11-19(14)26-23(28)21-13-16-4-2-3-5-20(16)29-21/h2-13H,1H3,(H,25,27)(H,26,28). The zero-order chi connectivity index (χ0) is 20.4. The maximum absolute atomic E-state index is 13.0. The van der Waals surface area contributed by atoms with Gasteiger partial charge in [-0.2, -0.15) is 0 Å². The van der Waals surface area contributed by atoms with E-state index >= 15 is 0 Å². The van der Waals surface area contributed by atoms with Gasteiger partial charge in [0.2, 0.25) is 0 Å². The molecule has 0 fully saturated rings. The van der Waals surface area contributed by atoms with Crippen LogP contribution >= 0.6 is 0 Å². The van der Waals surface area contributed by atoms with Crippen molar-refractivity contribution in [2.75, 3.05) is 10.6 Å². The second-order valence-electron chi connectivity index (χ2n) is 6.59. The monoisotopic (exact) mass is 388 g/mol. The number of rotatable bonds is 4. The van der Waals surface area contributed by atoms with Crippen LogP contribution in [0.1, 0.15) is 26.5 Å². The summed E-state index contributed by atoms with van der Waals surface area (Å²) in [5.74, 6) is -0.878. The molecule has 1 heterocycles. The van der Waals surface area contributed by atoms with Gasteiger partial charge in [-0.1, -0.05) is 18.2 Å². The third kappa shape index (κ3) is 4.01. The maximum atomic E-state index is 13.0. The van der Waals surface area contributed by atoms with E-state index in [1.54, 1.807) is 30.3 Å². The van der Waals surface area contributed by atoms with E-state index in [9.17, 15) is 14.0 Å². The summed E-state index contributed by atoms with van der Waals surface area (Å²) < 4.78 is 18.6. The summed E-state index contributed by atoms with van der Waals surface area (Å²) in [5, 5.41) is 6.43. The van der Waals surface area contributed by atoms with Gasteiger partial charge in [-0.05, 0) is 67.1 Å². The van der Waals surface area contributed by atoms with Crippen LogP contribution in [0.25, 0.3) is 11.0 Å². The van der Waals surface area contributed by atoms with Crippen LogP contribution in [0.15, 0.2) is 77.2 Å². The van der Waals surface area contributed by atoms with Crippen molar-refractivity contribution in [1.29, 1.82) is 0 Å². The first-order valence-corrected chi connectivity index (χ1v) is 8.97. The first-order valence-electron chi connectivity index (χ1n) is 8.97. The average Bonchev–Trinajstić information content (AvgIpc) is 3.15. The molecule has 29 heavy (non-hydrogen) atoms. The quantitative estimate of drug-likeness (QED) is 0.493. The van der Waals surface area contributed by atoms with E-state index in [0.717, 1.165) is 10.9 Å². The minimum absolute atomic E-state index is 0.222. The highest BCUT2D eigenvalue weighted by molar-refractivity contribution is 6.06. The van der Waals surface area contributed by atoms with Crippen molar-refractivity contribution < 1.29 is 18.4 Å². The molecule has 0 atom stereocenters. The summed E-state index contributed by atoms with van der Waals surface area (Å²) in [5.41, 5.74) is 2.94. The minimum Gasteiger partial charge on any atom is -0.451 e. The van der Waals surface area contributed by atoms with E-state index in [1.165, 1.54) is 24.3 Å². The molecule has 0 saturated carbocycles. The molecule has 0 radical (unpaired) electrons. The first kappa shape index (κ1) is 18.4. The number of para-hydroxylation sites is 1. The normalized spacial score (nSPS) is 10.7. The van der Waals surface area contributed by atoms with Crippen molar-refractivity contribution in [2.45, 2.75) is 6.92 Å². The number of nitrogens with one attached hydrogen (secondary N) is 2. The Hall–Kier alpha value is -3.93. The molecule has 0 bridgehead atoms. The van der Waals surface area contributed by atoms with Crippen molar-refractivity contribution in [3.05, 3.63) is 95.5 Å². The number of furan rings is 1. The van der Waals surface area contributed by atoms with Crippen molar-refractivity contribution in [3.63, 3.8) is 0 Å². The Morgan fingerprint density at radius 1 is 0.862 bits per heavy atom. The van der Waals surface area contributed by atoms with Crippen molar-refractivity contribution in [1.82, 2.24) is 0 Å². The van der Waals surface area contributed by atoms with Crippen LogP contribution in [0.5, 0.6) is 0 Å². The first-order chi connectivity index (χ1) is 14.0. The fourth-order valence-corrected chi connectivity index (χ4v) is 2.96. The molecule has 144 valence electrons. The van der Waals surface area contributed by atoms with Gasteiger partial charge in [-0.15, -0.1) is 0 Å². The highest BCUT2D eigenvalue weighted by Gasteiger charge is 2.14. The van der Waals surface area contributed by atoms with Crippen LogP contribution in [-0.2, 0) is 0 Å². The van der Waals surface area contributed by atoms with Gasteiger partial charge in [0.25, 0.3) is 11.8 Å². The molecule has 1 aromatic heterocycles. The van der Waals surface area contributed by atoms with Crippen LogP contribution < -0.4 is 10.6 Å². The molecule has 2 amide bonds. The number of carbonyl (C=O) groups is 2. The zero-order valence-corrected chi connectivity index (χ0v) is 15.5. The van der Waals surface area contributed by atoms with Crippen LogP contribution in [0, 0.1) is 12.7 Å². The van der Waals surface area contributed by atoms with E-state index in [-0.39, 0.29) is 17.6 Å².